The Balaban J connectivity index is 1.46. The molecule has 160 valence electrons. The van der Waals surface area contributed by atoms with E-state index in [1.54, 1.807) is 42.9 Å². The number of benzene rings is 1. The van der Waals surface area contributed by atoms with Gasteiger partial charge in [0.25, 0.3) is 0 Å². The van der Waals surface area contributed by atoms with E-state index in [-0.39, 0.29) is 0 Å². The van der Waals surface area contributed by atoms with Crippen LogP contribution in [-0.2, 0) is 0 Å². The van der Waals surface area contributed by atoms with Crippen molar-refractivity contribution in [2.45, 2.75) is 12.5 Å². The molecular formula is C23H22N8O. The second-order valence-electron chi connectivity index (χ2n) is 7.62. The SMILES string of the molecule is NC(=O)c1ccc(Nc2cc(-c3nc(N[C@@H]4CCNC4)c4ccncc4n3)ccn2)cc1. The lowest BCUT2D eigenvalue weighted by atomic mass is 10.2. The smallest absolute Gasteiger partial charge is 0.248 e. The molecule has 0 saturated carbocycles. The highest BCUT2D eigenvalue weighted by Crippen LogP contribution is 2.27. The van der Waals surface area contributed by atoms with Crippen LogP contribution < -0.4 is 21.7 Å². The standard InChI is InChI=1S/C23H22N8O/c24-21(32)14-1-3-16(4-2-14)28-20-11-15(5-10-27-20)22-30-19-13-26-9-7-18(19)23(31-22)29-17-6-8-25-12-17/h1-5,7,9-11,13,17,25H,6,8,12H2,(H2,24,32)(H,27,28)(H,29,30,31)/t17-/m1/s1. The zero-order chi connectivity index (χ0) is 21.9. The molecule has 9 nitrogen and oxygen atoms in total. The van der Waals surface area contributed by atoms with Crippen molar-refractivity contribution in [2.75, 3.05) is 23.7 Å². The molecule has 0 radical (unpaired) electrons. The Morgan fingerprint density at radius 1 is 1.09 bits per heavy atom. The van der Waals surface area contributed by atoms with Crippen LogP contribution >= 0.6 is 0 Å². The van der Waals surface area contributed by atoms with Crippen molar-refractivity contribution >= 4 is 34.1 Å². The molecule has 5 N–H and O–H groups in total. The first-order valence-corrected chi connectivity index (χ1v) is 10.4. The predicted molar refractivity (Wildman–Crippen MR) is 124 cm³/mol. The number of carbonyl (C=O) groups is 1. The van der Waals surface area contributed by atoms with E-state index in [0.717, 1.165) is 47.5 Å². The second-order valence-corrected chi connectivity index (χ2v) is 7.62. The lowest BCUT2D eigenvalue weighted by molar-refractivity contribution is 0.100. The van der Waals surface area contributed by atoms with Crippen LogP contribution in [0.15, 0.2) is 61.1 Å². The summed E-state index contributed by atoms with van der Waals surface area (Å²) in [6.07, 6.45) is 6.25. The molecule has 0 spiro atoms. The Labute approximate surface area is 184 Å². The van der Waals surface area contributed by atoms with Gasteiger partial charge in [-0.2, -0.15) is 0 Å². The number of nitrogens with zero attached hydrogens (tertiary/aromatic N) is 4. The van der Waals surface area contributed by atoms with E-state index in [4.69, 9.17) is 15.7 Å². The summed E-state index contributed by atoms with van der Waals surface area (Å²) >= 11 is 0. The van der Waals surface area contributed by atoms with E-state index in [1.807, 2.05) is 18.2 Å². The first-order chi connectivity index (χ1) is 15.7. The first kappa shape index (κ1) is 19.8. The fourth-order valence-corrected chi connectivity index (χ4v) is 3.69. The highest BCUT2D eigenvalue weighted by atomic mass is 16.1. The molecule has 0 aliphatic carbocycles. The molecule has 1 aromatic carbocycles. The minimum absolute atomic E-state index is 0.326. The number of anilines is 3. The molecule has 4 heterocycles. The maximum Gasteiger partial charge on any atom is 0.248 e. The summed E-state index contributed by atoms with van der Waals surface area (Å²) in [4.78, 5) is 29.4. The van der Waals surface area contributed by atoms with Crippen molar-refractivity contribution in [3.8, 4) is 11.4 Å². The van der Waals surface area contributed by atoms with Crippen LogP contribution in [-0.4, -0.2) is 45.0 Å². The van der Waals surface area contributed by atoms with Crippen LogP contribution in [0.5, 0.6) is 0 Å². The molecule has 1 aliphatic rings. The summed E-state index contributed by atoms with van der Waals surface area (Å²) in [5, 5.41) is 11.1. The fraction of sp³-hybridized carbons (Fsp3) is 0.174. The minimum Gasteiger partial charge on any atom is -0.366 e. The molecule has 1 amide bonds. The molecule has 1 saturated heterocycles. The molecule has 9 heteroatoms. The molecule has 4 aromatic rings. The summed E-state index contributed by atoms with van der Waals surface area (Å²) in [7, 11) is 0. The zero-order valence-electron chi connectivity index (χ0n) is 17.2. The maximum atomic E-state index is 11.3. The molecule has 1 atom stereocenters. The summed E-state index contributed by atoms with van der Waals surface area (Å²) < 4.78 is 0. The van der Waals surface area contributed by atoms with Crippen molar-refractivity contribution in [2.24, 2.45) is 5.73 Å². The third-order valence-electron chi connectivity index (χ3n) is 5.36. The van der Waals surface area contributed by atoms with Crippen molar-refractivity contribution in [3.63, 3.8) is 0 Å². The first-order valence-electron chi connectivity index (χ1n) is 10.4. The quantitative estimate of drug-likeness (QED) is 0.370. The molecule has 0 unspecified atom stereocenters. The Hall–Kier alpha value is -4.11. The van der Waals surface area contributed by atoms with Crippen LogP contribution in [0.2, 0.25) is 0 Å². The molecule has 1 fully saturated rings. The molecule has 3 aromatic heterocycles. The second kappa shape index (κ2) is 8.56. The Morgan fingerprint density at radius 3 is 2.75 bits per heavy atom. The monoisotopic (exact) mass is 426 g/mol. The molecule has 1 aliphatic heterocycles. The van der Waals surface area contributed by atoms with Crippen LogP contribution in [0, 0.1) is 0 Å². The average Bonchev–Trinajstić information content (AvgIpc) is 3.33. The Morgan fingerprint density at radius 2 is 1.97 bits per heavy atom. The number of carbonyl (C=O) groups excluding carboxylic acids is 1. The number of aromatic nitrogens is 4. The summed E-state index contributed by atoms with van der Waals surface area (Å²) in [5.41, 5.74) is 8.15. The number of amides is 1. The van der Waals surface area contributed by atoms with Crippen molar-refractivity contribution < 1.29 is 4.79 Å². The normalized spacial score (nSPS) is 15.6. The number of primary amides is 1. The van der Waals surface area contributed by atoms with Gasteiger partial charge in [-0.25, -0.2) is 15.0 Å². The predicted octanol–water partition coefficient (Wildman–Crippen LogP) is 2.70. The van der Waals surface area contributed by atoms with Crippen molar-refractivity contribution in [1.29, 1.82) is 0 Å². The van der Waals surface area contributed by atoms with Crippen LogP contribution in [0.25, 0.3) is 22.3 Å². The highest BCUT2D eigenvalue weighted by Gasteiger charge is 2.17. The van der Waals surface area contributed by atoms with Gasteiger partial charge in [0.15, 0.2) is 5.82 Å². The maximum absolute atomic E-state index is 11.3. The van der Waals surface area contributed by atoms with Gasteiger partial charge in [0.1, 0.15) is 11.6 Å². The van der Waals surface area contributed by atoms with Crippen molar-refractivity contribution in [3.05, 3.63) is 66.6 Å². The van der Waals surface area contributed by atoms with Gasteiger partial charge in [-0.15, -0.1) is 0 Å². The van der Waals surface area contributed by atoms with Crippen LogP contribution in [0.4, 0.5) is 17.3 Å². The van der Waals surface area contributed by atoms with E-state index < -0.39 is 5.91 Å². The molecule has 32 heavy (non-hydrogen) atoms. The third-order valence-corrected chi connectivity index (χ3v) is 5.36. The lowest BCUT2D eigenvalue weighted by Gasteiger charge is -2.15. The Bertz CT molecular complexity index is 1270. The Kier molecular flexibility index (Phi) is 5.30. The van der Waals surface area contributed by atoms with Gasteiger partial charge in [-0.3, -0.25) is 9.78 Å². The number of fused-ring (bicyclic) bond motifs is 1. The van der Waals surface area contributed by atoms with Gasteiger partial charge >= 0.3 is 0 Å². The van der Waals surface area contributed by atoms with Gasteiger partial charge in [-0.05, 0) is 55.4 Å². The van der Waals surface area contributed by atoms with E-state index in [1.165, 1.54) is 0 Å². The number of nitrogens with one attached hydrogen (secondary N) is 3. The van der Waals surface area contributed by atoms with E-state index in [9.17, 15) is 4.79 Å². The largest absolute Gasteiger partial charge is 0.366 e. The third kappa shape index (κ3) is 4.19. The van der Waals surface area contributed by atoms with Gasteiger partial charge in [-0.1, -0.05) is 0 Å². The van der Waals surface area contributed by atoms with E-state index in [2.05, 4.69) is 25.9 Å². The topological polar surface area (TPSA) is 131 Å². The number of nitrogens with two attached hydrogens (primary N) is 1. The van der Waals surface area contributed by atoms with Crippen LogP contribution in [0.1, 0.15) is 16.8 Å². The molecule has 0 bridgehead atoms. The summed E-state index contributed by atoms with van der Waals surface area (Å²) in [6, 6.07) is 12.9. The highest BCUT2D eigenvalue weighted by molar-refractivity contribution is 5.93. The minimum atomic E-state index is -0.461. The van der Waals surface area contributed by atoms with Crippen molar-refractivity contribution in [1.82, 2.24) is 25.3 Å². The number of rotatable bonds is 6. The fourth-order valence-electron chi connectivity index (χ4n) is 3.69. The zero-order valence-corrected chi connectivity index (χ0v) is 17.2. The molecule has 5 rings (SSSR count). The van der Waals surface area contributed by atoms with Gasteiger partial charge in [0, 0.05) is 47.2 Å². The number of pyridine rings is 2. The van der Waals surface area contributed by atoms with E-state index in [0.29, 0.717) is 23.2 Å². The summed E-state index contributed by atoms with van der Waals surface area (Å²) in [5.74, 6) is 1.57. The summed E-state index contributed by atoms with van der Waals surface area (Å²) in [6.45, 7) is 1.90. The van der Waals surface area contributed by atoms with Crippen LogP contribution in [0.3, 0.4) is 0 Å². The van der Waals surface area contributed by atoms with Gasteiger partial charge in [0.2, 0.25) is 5.91 Å². The lowest BCUT2D eigenvalue weighted by Crippen LogP contribution is -2.23. The average molecular weight is 426 g/mol. The number of hydrogen-bond donors (Lipinski definition) is 4. The van der Waals surface area contributed by atoms with E-state index >= 15 is 0 Å². The van der Waals surface area contributed by atoms with Gasteiger partial charge in [0.05, 0.1) is 11.7 Å². The number of hydrogen-bond acceptors (Lipinski definition) is 8. The van der Waals surface area contributed by atoms with Gasteiger partial charge < -0.3 is 21.7 Å². The molecular weight excluding hydrogens is 404 g/mol.